The third-order valence-corrected chi connectivity index (χ3v) is 4.28. The van der Waals surface area contributed by atoms with Gasteiger partial charge >= 0.3 is 5.97 Å². The number of carbonyl (C=O) groups excluding carboxylic acids is 1. The topological polar surface area (TPSA) is 26.3 Å². The number of allylic oxidation sites excluding steroid dienone is 3. The van der Waals surface area contributed by atoms with Gasteiger partial charge in [0.05, 0.1) is 6.61 Å². The van der Waals surface area contributed by atoms with E-state index in [2.05, 4.69) is 26.0 Å². The summed E-state index contributed by atoms with van der Waals surface area (Å²) in [5.41, 5.74) is 2.50. The second-order valence-corrected chi connectivity index (χ2v) is 5.53. The van der Waals surface area contributed by atoms with Gasteiger partial charge in [-0.3, -0.25) is 0 Å². The summed E-state index contributed by atoms with van der Waals surface area (Å²) in [4.78, 5) is 11.9. The first-order chi connectivity index (χ1) is 9.10. The van der Waals surface area contributed by atoms with Crippen molar-refractivity contribution in [2.24, 2.45) is 0 Å². The lowest BCUT2D eigenvalue weighted by Crippen LogP contribution is -2.25. The average Bonchev–Trinajstić information content (AvgIpc) is 2.39. The summed E-state index contributed by atoms with van der Waals surface area (Å²) in [5, 5.41) is 1.91. The van der Waals surface area contributed by atoms with E-state index in [4.69, 9.17) is 4.74 Å². The van der Waals surface area contributed by atoms with E-state index in [1.54, 1.807) is 0 Å². The molecule has 1 aromatic rings. The highest BCUT2D eigenvalue weighted by Gasteiger charge is 2.13. The molecular formula is C16H20O2Si. The quantitative estimate of drug-likeness (QED) is 0.356. The lowest BCUT2D eigenvalue weighted by molar-refractivity contribution is -0.137. The SMILES string of the molecule is C/C=C/C=C(\[Si]c1cccc(C)c1C)C(=O)OCC. The molecule has 0 aliphatic rings. The van der Waals surface area contributed by atoms with Crippen LogP contribution in [0.1, 0.15) is 25.0 Å². The molecule has 1 aromatic carbocycles. The fourth-order valence-corrected chi connectivity index (χ4v) is 2.80. The Kier molecular flexibility index (Phi) is 6.29. The van der Waals surface area contributed by atoms with Gasteiger partial charge in [0.2, 0.25) is 0 Å². The molecular weight excluding hydrogens is 252 g/mol. The Labute approximate surface area is 118 Å². The molecule has 0 N–H and O–H groups in total. The number of benzene rings is 1. The van der Waals surface area contributed by atoms with Crippen LogP contribution < -0.4 is 5.19 Å². The van der Waals surface area contributed by atoms with Crippen LogP contribution in [0.4, 0.5) is 0 Å². The molecule has 0 aliphatic carbocycles. The largest absolute Gasteiger partial charge is 0.463 e. The summed E-state index contributed by atoms with van der Waals surface area (Å²) in [6.45, 7) is 8.34. The molecule has 0 heterocycles. The molecule has 0 aliphatic heterocycles. The van der Waals surface area contributed by atoms with Crippen molar-refractivity contribution < 1.29 is 9.53 Å². The Hall–Kier alpha value is -1.61. The fraction of sp³-hybridized carbons (Fsp3) is 0.312. The second kappa shape index (κ2) is 7.74. The molecule has 0 fully saturated rings. The fourth-order valence-electron chi connectivity index (χ4n) is 1.59. The van der Waals surface area contributed by atoms with Crippen molar-refractivity contribution in [3.05, 3.63) is 52.8 Å². The summed E-state index contributed by atoms with van der Waals surface area (Å²) in [7, 11) is 0.326. The van der Waals surface area contributed by atoms with E-state index in [1.807, 2.05) is 38.1 Å². The van der Waals surface area contributed by atoms with Gasteiger partial charge in [-0.25, -0.2) is 4.79 Å². The van der Waals surface area contributed by atoms with Crippen LogP contribution in [0.25, 0.3) is 0 Å². The van der Waals surface area contributed by atoms with Crippen LogP contribution >= 0.6 is 0 Å². The number of aryl methyl sites for hydroxylation is 1. The van der Waals surface area contributed by atoms with E-state index in [9.17, 15) is 4.79 Å². The maximum atomic E-state index is 11.9. The van der Waals surface area contributed by atoms with E-state index in [-0.39, 0.29) is 5.97 Å². The van der Waals surface area contributed by atoms with Crippen molar-refractivity contribution in [1.29, 1.82) is 0 Å². The van der Waals surface area contributed by atoms with Crippen LogP contribution in [0, 0.1) is 13.8 Å². The Balaban J connectivity index is 3.01. The minimum absolute atomic E-state index is 0.222. The molecule has 3 heteroatoms. The van der Waals surface area contributed by atoms with Gasteiger partial charge in [0, 0.05) is 5.20 Å². The first-order valence-electron chi connectivity index (χ1n) is 6.43. The minimum Gasteiger partial charge on any atom is -0.463 e. The van der Waals surface area contributed by atoms with Gasteiger partial charge < -0.3 is 4.74 Å². The molecule has 100 valence electrons. The average molecular weight is 272 g/mol. The Morgan fingerprint density at radius 1 is 1.37 bits per heavy atom. The monoisotopic (exact) mass is 272 g/mol. The van der Waals surface area contributed by atoms with E-state index < -0.39 is 0 Å². The van der Waals surface area contributed by atoms with E-state index in [0.29, 0.717) is 21.3 Å². The van der Waals surface area contributed by atoms with Crippen molar-refractivity contribution in [3.63, 3.8) is 0 Å². The molecule has 0 spiro atoms. The molecule has 0 atom stereocenters. The Morgan fingerprint density at radius 3 is 2.74 bits per heavy atom. The molecule has 0 saturated heterocycles. The van der Waals surface area contributed by atoms with Crippen molar-refractivity contribution in [2.75, 3.05) is 6.61 Å². The number of rotatable bonds is 5. The highest BCUT2D eigenvalue weighted by atomic mass is 28.2. The van der Waals surface area contributed by atoms with Crippen molar-refractivity contribution in [1.82, 2.24) is 0 Å². The minimum atomic E-state index is -0.222. The maximum Gasteiger partial charge on any atom is 0.329 e. The van der Waals surface area contributed by atoms with Crippen molar-refractivity contribution in [3.8, 4) is 0 Å². The van der Waals surface area contributed by atoms with Crippen LogP contribution in [0.3, 0.4) is 0 Å². The molecule has 2 nitrogen and oxygen atoms in total. The second-order valence-electron chi connectivity index (χ2n) is 4.20. The molecule has 0 bridgehead atoms. The molecule has 0 unspecified atom stereocenters. The lowest BCUT2D eigenvalue weighted by Gasteiger charge is -2.09. The summed E-state index contributed by atoms with van der Waals surface area (Å²) in [5.74, 6) is -0.222. The third-order valence-electron chi connectivity index (χ3n) is 2.82. The van der Waals surface area contributed by atoms with Gasteiger partial charge in [0.25, 0.3) is 0 Å². The van der Waals surface area contributed by atoms with E-state index in [0.717, 1.165) is 0 Å². The van der Waals surface area contributed by atoms with E-state index >= 15 is 0 Å². The summed E-state index contributed by atoms with van der Waals surface area (Å²) in [6, 6.07) is 6.19. The number of carbonyl (C=O) groups is 1. The maximum absolute atomic E-state index is 11.9. The number of ether oxygens (including phenoxy) is 1. The van der Waals surface area contributed by atoms with Crippen molar-refractivity contribution in [2.45, 2.75) is 27.7 Å². The highest BCUT2D eigenvalue weighted by Crippen LogP contribution is 2.05. The first-order valence-corrected chi connectivity index (χ1v) is 7.43. The summed E-state index contributed by atoms with van der Waals surface area (Å²) < 4.78 is 5.11. The zero-order chi connectivity index (χ0) is 14.3. The normalized spacial score (nSPS) is 11.9. The van der Waals surface area contributed by atoms with Crippen LogP contribution in [-0.2, 0) is 9.53 Å². The van der Waals surface area contributed by atoms with Gasteiger partial charge in [-0.1, -0.05) is 41.6 Å². The molecule has 19 heavy (non-hydrogen) atoms. The van der Waals surface area contributed by atoms with Crippen LogP contribution in [0.2, 0.25) is 0 Å². The van der Waals surface area contributed by atoms with Crippen molar-refractivity contribution >= 4 is 20.7 Å². The zero-order valence-electron chi connectivity index (χ0n) is 12.0. The Morgan fingerprint density at radius 2 is 2.11 bits per heavy atom. The van der Waals surface area contributed by atoms with E-state index in [1.165, 1.54) is 16.3 Å². The van der Waals surface area contributed by atoms with Gasteiger partial charge in [0.1, 0.15) is 9.52 Å². The third kappa shape index (κ3) is 4.52. The molecule has 0 saturated carbocycles. The predicted octanol–water partition coefficient (Wildman–Crippen LogP) is 2.66. The molecule has 0 aromatic heterocycles. The molecule has 0 amide bonds. The zero-order valence-corrected chi connectivity index (χ0v) is 13.0. The number of hydrogen-bond acceptors (Lipinski definition) is 2. The van der Waals surface area contributed by atoms with Gasteiger partial charge in [-0.2, -0.15) is 0 Å². The summed E-state index contributed by atoms with van der Waals surface area (Å²) >= 11 is 0. The summed E-state index contributed by atoms with van der Waals surface area (Å²) in [6.07, 6.45) is 5.63. The number of hydrogen-bond donors (Lipinski definition) is 0. The molecule has 2 radical (unpaired) electrons. The number of esters is 1. The van der Waals surface area contributed by atoms with Gasteiger partial charge in [-0.15, -0.1) is 0 Å². The predicted molar refractivity (Wildman–Crippen MR) is 80.8 cm³/mol. The smallest absolute Gasteiger partial charge is 0.329 e. The first kappa shape index (κ1) is 15.4. The van der Waals surface area contributed by atoms with Crippen LogP contribution in [0.5, 0.6) is 0 Å². The molecule has 1 rings (SSSR count). The van der Waals surface area contributed by atoms with Crippen LogP contribution in [0.15, 0.2) is 41.6 Å². The van der Waals surface area contributed by atoms with Gasteiger partial charge in [-0.05, 0) is 38.8 Å². The lowest BCUT2D eigenvalue weighted by atomic mass is 10.1. The highest BCUT2D eigenvalue weighted by molar-refractivity contribution is 6.67. The standard InChI is InChI=1S/C16H20O2Si/c1-5-7-10-15(16(17)18-6-2)19-14-11-8-9-12(3)13(14)4/h5,7-11H,6H2,1-4H3/b7-5+,15-10-. The van der Waals surface area contributed by atoms with Crippen LogP contribution in [-0.4, -0.2) is 22.1 Å². The van der Waals surface area contributed by atoms with Gasteiger partial charge in [0.15, 0.2) is 0 Å². The Bertz CT molecular complexity index is 501.